The monoisotopic (exact) mass is 486 g/mol. The van der Waals surface area contributed by atoms with E-state index in [-0.39, 0.29) is 22.4 Å². The van der Waals surface area contributed by atoms with Crippen molar-refractivity contribution in [1.82, 2.24) is 4.98 Å². The Bertz CT molecular complexity index is 1490. The first-order valence-electron chi connectivity index (χ1n) is 10.6. The number of phenolic OH excluding ortho intramolecular Hbond substituents is 1. The minimum absolute atomic E-state index is 0.0544. The van der Waals surface area contributed by atoms with Gasteiger partial charge < -0.3 is 5.11 Å². The maximum Gasteiger partial charge on any atom is 0.308 e. The maximum absolute atomic E-state index is 12.3. The molecule has 0 spiro atoms. The van der Waals surface area contributed by atoms with E-state index in [0.717, 1.165) is 22.6 Å². The minimum Gasteiger partial charge on any atom is -0.508 e. The Hall–Kier alpha value is -4.64. The van der Waals surface area contributed by atoms with E-state index in [0.29, 0.717) is 28.5 Å². The van der Waals surface area contributed by atoms with Gasteiger partial charge in [0.05, 0.1) is 22.4 Å². The highest BCUT2D eigenvalue weighted by Gasteiger charge is 2.34. The first-order valence-corrected chi connectivity index (χ1v) is 11.4. The Morgan fingerprint density at radius 2 is 1.74 bits per heavy atom. The van der Waals surface area contributed by atoms with Crippen LogP contribution in [0.1, 0.15) is 23.6 Å². The Morgan fingerprint density at radius 1 is 1.03 bits per heavy atom. The fourth-order valence-electron chi connectivity index (χ4n) is 3.81. The van der Waals surface area contributed by atoms with E-state index in [2.05, 4.69) is 15.2 Å². The van der Waals surface area contributed by atoms with Gasteiger partial charge in [0.1, 0.15) is 5.75 Å². The van der Waals surface area contributed by atoms with Crippen molar-refractivity contribution >= 4 is 39.2 Å². The van der Waals surface area contributed by atoms with Crippen LogP contribution in [0, 0.1) is 10.1 Å². The van der Waals surface area contributed by atoms with Crippen LogP contribution in [0.15, 0.2) is 99.0 Å². The van der Waals surface area contributed by atoms with Gasteiger partial charge >= 0.3 is 4.87 Å². The molecule has 174 valence electrons. The SMILES string of the molecule is O=c1[nH]c(N2N=C(c3ccccc3)C[C@H]2c2ccccc2O)c(N=Nc2ccc([N+](=O)[O-])cc2)s1. The van der Waals surface area contributed by atoms with Crippen LogP contribution in [0.3, 0.4) is 0 Å². The molecule has 1 aliphatic rings. The van der Waals surface area contributed by atoms with Gasteiger partial charge in [0.25, 0.3) is 5.69 Å². The Balaban J connectivity index is 1.54. The van der Waals surface area contributed by atoms with Crippen molar-refractivity contribution in [2.45, 2.75) is 12.5 Å². The largest absolute Gasteiger partial charge is 0.508 e. The third kappa shape index (κ3) is 4.57. The van der Waals surface area contributed by atoms with Crippen LogP contribution in [0.2, 0.25) is 0 Å². The molecule has 11 heteroatoms. The van der Waals surface area contributed by atoms with Crippen molar-refractivity contribution in [3.63, 3.8) is 0 Å². The molecule has 1 atom stereocenters. The van der Waals surface area contributed by atoms with Gasteiger partial charge in [-0.3, -0.25) is 19.9 Å². The number of nitro benzene ring substituents is 1. The van der Waals surface area contributed by atoms with Gasteiger partial charge in [-0.1, -0.05) is 59.9 Å². The fraction of sp³-hybridized carbons (Fsp3) is 0.0833. The molecule has 0 fully saturated rings. The molecule has 1 aromatic heterocycles. The number of nitrogens with one attached hydrogen (secondary N) is 1. The second-order valence-corrected chi connectivity index (χ2v) is 8.64. The van der Waals surface area contributed by atoms with Crippen molar-refractivity contribution in [2.75, 3.05) is 5.01 Å². The van der Waals surface area contributed by atoms with Crippen molar-refractivity contribution in [3.8, 4) is 5.75 Å². The summed E-state index contributed by atoms with van der Waals surface area (Å²) in [6, 6.07) is 21.9. The molecule has 0 saturated carbocycles. The molecule has 4 aromatic rings. The highest BCUT2D eigenvalue weighted by atomic mass is 32.1. The van der Waals surface area contributed by atoms with E-state index in [1.807, 2.05) is 42.5 Å². The molecular formula is C24H18N6O4S. The number of nitrogens with zero attached hydrogens (tertiary/aromatic N) is 5. The summed E-state index contributed by atoms with van der Waals surface area (Å²) >= 11 is 0.874. The third-order valence-corrected chi connectivity index (χ3v) is 6.23. The molecule has 0 radical (unpaired) electrons. The second-order valence-electron chi connectivity index (χ2n) is 7.68. The number of aromatic hydroxyl groups is 1. The number of anilines is 1. The lowest BCUT2D eigenvalue weighted by Gasteiger charge is -2.23. The second kappa shape index (κ2) is 9.31. The number of nitro groups is 1. The van der Waals surface area contributed by atoms with Gasteiger partial charge in [-0.25, -0.2) is 5.01 Å². The molecule has 2 N–H and O–H groups in total. The quantitative estimate of drug-likeness (QED) is 0.201. The van der Waals surface area contributed by atoms with Gasteiger partial charge in [0.2, 0.25) is 0 Å². The van der Waals surface area contributed by atoms with Crippen molar-refractivity contribution in [1.29, 1.82) is 0 Å². The summed E-state index contributed by atoms with van der Waals surface area (Å²) < 4.78 is 0. The molecule has 10 nitrogen and oxygen atoms in total. The molecule has 5 rings (SSSR count). The van der Waals surface area contributed by atoms with Crippen LogP contribution in [-0.4, -0.2) is 20.7 Å². The van der Waals surface area contributed by atoms with E-state index in [1.165, 1.54) is 24.3 Å². The summed E-state index contributed by atoms with van der Waals surface area (Å²) in [5, 5.41) is 36.5. The summed E-state index contributed by atoms with van der Waals surface area (Å²) in [6.07, 6.45) is 0.498. The minimum atomic E-state index is -0.494. The molecule has 0 unspecified atom stereocenters. The summed E-state index contributed by atoms with van der Waals surface area (Å²) in [5.74, 6) is 0.475. The summed E-state index contributed by atoms with van der Waals surface area (Å²) in [6.45, 7) is 0. The van der Waals surface area contributed by atoms with Gasteiger partial charge in [0, 0.05) is 24.1 Å². The predicted molar refractivity (Wildman–Crippen MR) is 133 cm³/mol. The molecule has 0 amide bonds. The molecular weight excluding hydrogens is 468 g/mol. The zero-order valence-electron chi connectivity index (χ0n) is 18.1. The number of H-pyrrole nitrogens is 1. The van der Waals surface area contributed by atoms with Gasteiger partial charge in [-0.2, -0.15) is 5.10 Å². The van der Waals surface area contributed by atoms with Gasteiger partial charge in [0.15, 0.2) is 10.8 Å². The number of rotatable bonds is 6. The number of benzene rings is 3. The zero-order valence-corrected chi connectivity index (χ0v) is 18.9. The van der Waals surface area contributed by atoms with E-state index in [1.54, 1.807) is 17.1 Å². The average Bonchev–Trinajstić information content (AvgIpc) is 3.47. The number of hydrazone groups is 1. The highest BCUT2D eigenvalue weighted by Crippen LogP contribution is 2.43. The smallest absolute Gasteiger partial charge is 0.308 e. The van der Waals surface area contributed by atoms with Crippen LogP contribution in [0.4, 0.5) is 22.2 Å². The van der Waals surface area contributed by atoms with Crippen LogP contribution in [0.25, 0.3) is 0 Å². The Morgan fingerprint density at radius 3 is 2.46 bits per heavy atom. The number of hydrogen-bond acceptors (Lipinski definition) is 9. The van der Waals surface area contributed by atoms with Gasteiger partial charge in [-0.05, 0) is 23.8 Å². The zero-order chi connectivity index (χ0) is 24.4. The lowest BCUT2D eigenvalue weighted by molar-refractivity contribution is -0.384. The fourth-order valence-corrected chi connectivity index (χ4v) is 4.46. The molecule has 1 aliphatic heterocycles. The number of thiazole rings is 1. The van der Waals surface area contributed by atoms with E-state index < -0.39 is 4.92 Å². The number of phenols is 1. The van der Waals surface area contributed by atoms with Gasteiger partial charge in [-0.15, -0.1) is 10.2 Å². The maximum atomic E-state index is 12.3. The number of aromatic amines is 1. The number of non-ortho nitro benzene ring substituents is 1. The molecule has 3 aromatic carbocycles. The molecule has 2 heterocycles. The van der Waals surface area contributed by atoms with Crippen LogP contribution in [-0.2, 0) is 0 Å². The van der Waals surface area contributed by atoms with Crippen LogP contribution < -0.4 is 9.88 Å². The van der Waals surface area contributed by atoms with Crippen molar-refractivity contribution in [2.24, 2.45) is 15.3 Å². The standard InChI is InChI=1S/C24H18N6O4S/c31-21-9-5-4-8-18(21)20-14-19(15-6-2-1-3-7-15)28-29(20)22-23(35-24(32)25-22)27-26-16-10-12-17(13-11-16)30(33)34/h1-13,20,31H,14H2,(H,25,32)/t20-/m0/s1. The number of para-hydroxylation sites is 1. The highest BCUT2D eigenvalue weighted by molar-refractivity contribution is 7.13. The summed E-state index contributed by atoms with van der Waals surface area (Å²) in [7, 11) is 0. The number of aromatic nitrogens is 1. The Labute approximate surface area is 202 Å². The first-order chi connectivity index (χ1) is 17.0. The van der Waals surface area contributed by atoms with Crippen LogP contribution in [0.5, 0.6) is 5.75 Å². The molecule has 35 heavy (non-hydrogen) atoms. The van der Waals surface area contributed by atoms with E-state index in [4.69, 9.17) is 5.10 Å². The predicted octanol–water partition coefficient (Wildman–Crippen LogP) is 5.82. The molecule has 0 saturated heterocycles. The Kier molecular flexibility index (Phi) is 5.90. The number of azo groups is 1. The topological polar surface area (TPSA) is 137 Å². The third-order valence-electron chi connectivity index (χ3n) is 5.47. The normalized spacial score (nSPS) is 15.5. The molecule has 0 aliphatic carbocycles. The van der Waals surface area contributed by atoms with E-state index in [9.17, 15) is 20.0 Å². The number of hydrogen-bond donors (Lipinski definition) is 2. The first kappa shape index (κ1) is 22.2. The van der Waals surface area contributed by atoms with Crippen molar-refractivity contribution in [3.05, 3.63) is 110 Å². The van der Waals surface area contributed by atoms with Crippen LogP contribution >= 0.6 is 11.3 Å². The molecule has 0 bridgehead atoms. The average molecular weight is 487 g/mol. The summed E-state index contributed by atoms with van der Waals surface area (Å²) in [5.41, 5.74) is 2.73. The summed E-state index contributed by atoms with van der Waals surface area (Å²) in [4.78, 5) is 25.2. The van der Waals surface area contributed by atoms with E-state index >= 15 is 0 Å². The lowest BCUT2D eigenvalue weighted by Crippen LogP contribution is -2.19. The van der Waals surface area contributed by atoms with Crippen molar-refractivity contribution < 1.29 is 10.0 Å². The lowest BCUT2D eigenvalue weighted by atomic mass is 9.98.